The first-order valence-corrected chi connectivity index (χ1v) is 4.97. The van der Waals surface area contributed by atoms with Gasteiger partial charge in [0.15, 0.2) is 0 Å². The van der Waals surface area contributed by atoms with Crippen molar-refractivity contribution < 1.29 is 9.59 Å². The van der Waals surface area contributed by atoms with Crippen LogP contribution >= 0.6 is 0 Å². The summed E-state index contributed by atoms with van der Waals surface area (Å²) >= 11 is 0. The van der Waals surface area contributed by atoms with Gasteiger partial charge >= 0.3 is 0 Å². The van der Waals surface area contributed by atoms with Crippen molar-refractivity contribution in [1.29, 1.82) is 0 Å². The van der Waals surface area contributed by atoms with Crippen molar-refractivity contribution in [2.75, 3.05) is 0 Å². The van der Waals surface area contributed by atoms with Gasteiger partial charge < -0.3 is 11.5 Å². The van der Waals surface area contributed by atoms with Crippen LogP contribution in [0.1, 0.15) is 47.1 Å². The quantitative estimate of drug-likeness (QED) is 0.784. The molecule has 0 aromatic heterocycles. The van der Waals surface area contributed by atoms with Gasteiger partial charge in [0.1, 0.15) is 0 Å². The zero-order chi connectivity index (χ0) is 12.5. The summed E-state index contributed by atoms with van der Waals surface area (Å²) in [5, 5.41) is 0. The van der Waals surface area contributed by atoms with Crippen LogP contribution in [-0.4, -0.2) is 11.8 Å². The molecule has 0 aliphatic heterocycles. The second-order valence-electron chi connectivity index (χ2n) is 4.74. The Labute approximate surface area is 94.6 Å². The van der Waals surface area contributed by atoms with E-state index in [0.717, 1.165) is 5.56 Å². The molecule has 0 aliphatic carbocycles. The van der Waals surface area contributed by atoms with E-state index < -0.39 is 11.8 Å². The van der Waals surface area contributed by atoms with Gasteiger partial charge in [-0.3, -0.25) is 9.59 Å². The van der Waals surface area contributed by atoms with E-state index in [4.69, 9.17) is 11.5 Å². The van der Waals surface area contributed by atoms with Crippen LogP contribution in [0.3, 0.4) is 0 Å². The van der Waals surface area contributed by atoms with Crippen molar-refractivity contribution in [3.05, 3.63) is 34.9 Å². The first-order chi connectivity index (χ1) is 7.23. The highest BCUT2D eigenvalue weighted by Gasteiger charge is 2.19. The van der Waals surface area contributed by atoms with Gasteiger partial charge in [-0.1, -0.05) is 26.8 Å². The lowest BCUT2D eigenvalue weighted by atomic mass is 9.85. The van der Waals surface area contributed by atoms with E-state index in [0.29, 0.717) is 0 Å². The largest absolute Gasteiger partial charge is 0.366 e. The highest BCUT2D eigenvalue weighted by molar-refractivity contribution is 6.06. The first kappa shape index (κ1) is 12.2. The first-order valence-electron chi connectivity index (χ1n) is 4.97. The molecule has 0 fully saturated rings. The molecule has 0 aliphatic rings. The molecule has 2 amide bonds. The smallest absolute Gasteiger partial charge is 0.249 e. The Morgan fingerprint density at radius 1 is 1.00 bits per heavy atom. The number of amides is 2. The summed E-state index contributed by atoms with van der Waals surface area (Å²) in [5.74, 6) is -1.28. The van der Waals surface area contributed by atoms with Crippen molar-refractivity contribution in [2.24, 2.45) is 11.5 Å². The van der Waals surface area contributed by atoms with Crippen molar-refractivity contribution in [3.63, 3.8) is 0 Å². The molecule has 1 rings (SSSR count). The summed E-state index contributed by atoms with van der Waals surface area (Å²) in [6, 6.07) is 4.96. The molecule has 0 atom stereocenters. The topological polar surface area (TPSA) is 86.2 Å². The molecule has 0 saturated carbocycles. The summed E-state index contributed by atoms with van der Waals surface area (Å²) in [6.45, 7) is 6.03. The molecule has 0 bridgehead atoms. The maximum Gasteiger partial charge on any atom is 0.249 e. The monoisotopic (exact) mass is 220 g/mol. The maximum atomic E-state index is 11.2. The van der Waals surface area contributed by atoms with E-state index in [-0.39, 0.29) is 16.5 Å². The Morgan fingerprint density at radius 2 is 1.50 bits per heavy atom. The minimum Gasteiger partial charge on any atom is -0.366 e. The Kier molecular flexibility index (Phi) is 3.03. The van der Waals surface area contributed by atoms with Gasteiger partial charge in [-0.2, -0.15) is 0 Å². The average Bonchev–Trinajstić information content (AvgIpc) is 2.15. The number of rotatable bonds is 2. The summed E-state index contributed by atoms with van der Waals surface area (Å²) in [4.78, 5) is 22.3. The summed E-state index contributed by atoms with van der Waals surface area (Å²) in [5.41, 5.74) is 11.6. The van der Waals surface area contributed by atoms with E-state index >= 15 is 0 Å². The SMILES string of the molecule is CC(C)(C)c1ccc(C(N)=O)c(C(N)=O)c1. The highest BCUT2D eigenvalue weighted by atomic mass is 16.2. The number of nitrogens with two attached hydrogens (primary N) is 2. The molecule has 16 heavy (non-hydrogen) atoms. The lowest BCUT2D eigenvalue weighted by molar-refractivity contribution is 0.0967. The number of benzene rings is 1. The second kappa shape index (κ2) is 3.96. The molecule has 0 unspecified atom stereocenters. The van der Waals surface area contributed by atoms with Gasteiger partial charge in [-0.25, -0.2) is 0 Å². The minimum absolute atomic E-state index is 0.111. The fourth-order valence-electron chi connectivity index (χ4n) is 1.43. The summed E-state index contributed by atoms with van der Waals surface area (Å²) < 4.78 is 0. The highest BCUT2D eigenvalue weighted by Crippen LogP contribution is 2.24. The molecule has 1 aromatic carbocycles. The number of hydrogen-bond donors (Lipinski definition) is 2. The van der Waals surface area contributed by atoms with E-state index in [2.05, 4.69) is 0 Å². The van der Waals surface area contributed by atoms with Crippen LogP contribution in [0.2, 0.25) is 0 Å². The van der Waals surface area contributed by atoms with Crippen LogP contribution in [0, 0.1) is 0 Å². The zero-order valence-electron chi connectivity index (χ0n) is 9.70. The number of carbonyl (C=O) groups is 2. The van der Waals surface area contributed by atoms with Gasteiger partial charge in [0.25, 0.3) is 0 Å². The van der Waals surface area contributed by atoms with Crippen molar-refractivity contribution >= 4 is 11.8 Å². The third kappa shape index (κ3) is 2.39. The lowest BCUT2D eigenvalue weighted by Gasteiger charge is -2.20. The second-order valence-corrected chi connectivity index (χ2v) is 4.74. The molecule has 0 spiro atoms. The molecule has 0 saturated heterocycles. The molecule has 0 radical (unpaired) electrons. The van der Waals surface area contributed by atoms with Gasteiger partial charge in [-0.15, -0.1) is 0 Å². The molecular weight excluding hydrogens is 204 g/mol. The van der Waals surface area contributed by atoms with Crippen molar-refractivity contribution in [3.8, 4) is 0 Å². The fourth-order valence-corrected chi connectivity index (χ4v) is 1.43. The predicted octanol–water partition coefficient (Wildman–Crippen LogP) is 1.18. The summed E-state index contributed by atoms with van der Waals surface area (Å²) in [7, 11) is 0. The standard InChI is InChI=1S/C12H16N2O2/c1-12(2,3)7-4-5-8(10(13)15)9(6-7)11(14)16/h4-6H,1-3H3,(H2,13,15)(H2,14,16). The molecule has 4 N–H and O–H groups in total. The predicted molar refractivity (Wildman–Crippen MR) is 62.2 cm³/mol. The van der Waals surface area contributed by atoms with Gasteiger partial charge in [0.05, 0.1) is 11.1 Å². The molecule has 86 valence electrons. The van der Waals surface area contributed by atoms with E-state index in [1.165, 1.54) is 0 Å². The zero-order valence-corrected chi connectivity index (χ0v) is 9.70. The Morgan fingerprint density at radius 3 is 1.88 bits per heavy atom. The maximum absolute atomic E-state index is 11.2. The molecule has 4 heteroatoms. The Hall–Kier alpha value is -1.84. The summed E-state index contributed by atoms with van der Waals surface area (Å²) in [6.07, 6.45) is 0. The average molecular weight is 220 g/mol. The van der Waals surface area contributed by atoms with Crippen LogP contribution in [0.15, 0.2) is 18.2 Å². The Balaban J connectivity index is 3.40. The number of carbonyl (C=O) groups excluding carboxylic acids is 2. The molecular formula is C12H16N2O2. The van der Waals surface area contributed by atoms with E-state index in [9.17, 15) is 9.59 Å². The fraction of sp³-hybridized carbons (Fsp3) is 0.333. The third-order valence-electron chi connectivity index (χ3n) is 2.42. The van der Waals surface area contributed by atoms with Gasteiger partial charge in [-0.05, 0) is 23.1 Å². The van der Waals surface area contributed by atoms with Crippen LogP contribution < -0.4 is 11.5 Å². The number of hydrogen-bond acceptors (Lipinski definition) is 2. The van der Waals surface area contributed by atoms with Crippen LogP contribution in [0.25, 0.3) is 0 Å². The van der Waals surface area contributed by atoms with Gasteiger partial charge in [0.2, 0.25) is 11.8 Å². The molecule has 0 heterocycles. The lowest BCUT2D eigenvalue weighted by Crippen LogP contribution is -2.22. The van der Waals surface area contributed by atoms with Gasteiger partial charge in [0, 0.05) is 0 Å². The van der Waals surface area contributed by atoms with Crippen LogP contribution in [-0.2, 0) is 5.41 Å². The number of primary amides is 2. The Bertz CT molecular complexity index is 445. The molecule has 4 nitrogen and oxygen atoms in total. The molecule has 1 aromatic rings. The minimum atomic E-state index is -0.644. The third-order valence-corrected chi connectivity index (χ3v) is 2.42. The van der Waals surface area contributed by atoms with E-state index in [1.807, 2.05) is 20.8 Å². The van der Waals surface area contributed by atoms with Crippen molar-refractivity contribution in [1.82, 2.24) is 0 Å². The van der Waals surface area contributed by atoms with E-state index in [1.54, 1.807) is 18.2 Å². The normalized spacial score (nSPS) is 11.2. The van der Waals surface area contributed by atoms with Crippen LogP contribution in [0.5, 0.6) is 0 Å². The van der Waals surface area contributed by atoms with Crippen molar-refractivity contribution in [2.45, 2.75) is 26.2 Å². The van der Waals surface area contributed by atoms with Crippen LogP contribution in [0.4, 0.5) is 0 Å².